The monoisotopic (exact) mass is 261 g/mol. The lowest BCUT2D eigenvalue weighted by atomic mass is 10.1. The fraction of sp³-hybridized carbons (Fsp3) is 0.700. The first-order valence-corrected chi connectivity index (χ1v) is 6.45. The van der Waals surface area contributed by atoms with Gasteiger partial charge in [-0.15, -0.1) is 16.7 Å². The first kappa shape index (κ1) is 13.4. The van der Waals surface area contributed by atoms with Crippen molar-refractivity contribution in [3.63, 3.8) is 0 Å². The van der Waals surface area contributed by atoms with Crippen LogP contribution in [0.3, 0.4) is 0 Å². The maximum Gasteiger partial charge on any atom is 0.267 e. The van der Waals surface area contributed by atoms with E-state index < -0.39 is 0 Å². The third kappa shape index (κ3) is 2.71. The molecular formula is C10H16ClN3OS. The molecule has 0 saturated carbocycles. The summed E-state index contributed by atoms with van der Waals surface area (Å²) in [6, 6.07) is 0.0104. The molecule has 0 aromatic carbocycles. The minimum absolute atomic E-state index is 0.0104. The van der Waals surface area contributed by atoms with E-state index in [0.717, 1.165) is 17.2 Å². The molecule has 0 radical (unpaired) electrons. The molecule has 0 fully saturated rings. The third-order valence-electron chi connectivity index (χ3n) is 2.46. The topological polar surface area (TPSA) is 46.1 Å². The molecule has 1 amide bonds. The molecule has 0 bridgehead atoms. The Kier molecular flexibility index (Phi) is 4.68. The van der Waals surface area contributed by atoms with E-state index in [1.165, 1.54) is 0 Å². The van der Waals surface area contributed by atoms with Crippen LogP contribution in [-0.4, -0.2) is 39.4 Å². The van der Waals surface area contributed by atoms with Gasteiger partial charge in [0.25, 0.3) is 5.91 Å². The lowest BCUT2D eigenvalue weighted by Gasteiger charge is -2.22. The van der Waals surface area contributed by atoms with E-state index in [1.54, 1.807) is 11.9 Å². The quantitative estimate of drug-likeness (QED) is 0.782. The van der Waals surface area contributed by atoms with Gasteiger partial charge in [-0.25, -0.2) is 0 Å². The number of amides is 1. The van der Waals surface area contributed by atoms with Crippen molar-refractivity contribution in [2.45, 2.75) is 32.7 Å². The molecule has 4 nitrogen and oxygen atoms in total. The van der Waals surface area contributed by atoms with Gasteiger partial charge in [0.1, 0.15) is 4.88 Å². The van der Waals surface area contributed by atoms with Crippen LogP contribution in [0.5, 0.6) is 0 Å². The summed E-state index contributed by atoms with van der Waals surface area (Å²) in [6.07, 6.45) is 0. The Morgan fingerprint density at radius 2 is 2.12 bits per heavy atom. The fourth-order valence-electron chi connectivity index (χ4n) is 1.19. The number of carbonyl (C=O) groups is 1. The van der Waals surface area contributed by atoms with Gasteiger partial charge in [0, 0.05) is 19.0 Å². The zero-order valence-corrected chi connectivity index (χ0v) is 11.5. The van der Waals surface area contributed by atoms with Crippen LogP contribution in [0.4, 0.5) is 0 Å². The molecule has 0 N–H and O–H groups in total. The summed E-state index contributed by atoms with van der Waals surface area (Å²) in [5, 5.41) is 3.99. The Morgan fingerprint density at radius 3 is 2.62 bits per heavy atom. The lowest BCUT2D eigenvalue weighted by molar-refractivity contribution is 0.0760. The van der Waals surface area contributed by atoms with Gasteiger partial charge in [0.15, 0.2) is 0 Å². The van der Waals surface area contributed by atoms with Crippen LogP contribution < -0.4 is 0 Å². The Bertz CT molecular complexity index is 367. The van der Waals surface area contributed by atoms with Gasteiger partial charge >= 0.3 is 0 Å². The molecule has 90 valence electrons. The van der Waals surface area contributed by atoms with Gasteiger partial charge in [-0.1, -0.05) is 18.3 Å². The van der Waals surface area contributed by atoms with Gasteiger partial charge in [0.2, 0.25) is 0 Å². The summed E-state index contributed by atoms with van der Waals surface area (Å²) < 4.78 is 3.84. The highest BCUT2D eigenvalue weighted by Gasteiger charge is 2.23. The first-order chi connectivity index (χ1) is 7.49. The molecule has 0 spiro atoms. The third-order valence-corrected chi connectivity index (χ3v) is 3.64. The lowest BCUT2D eigenvalue weighted by Crippen LogP contribution is -2.36. The van der Waals surface area contributed by atoms with Crippen LogP contribution in [0, 0.1) is 0 Å². The molecule has 0 aliphatic rings. The van der Waals surface area contributed by atoms with Gasteiger partial charge in [-0.3, -0.25) is 4.79 Å². The van der Waals surface area contributed by atoms with Crippen LogP contribution in [-0.2, 0) is 0 Å². The van der Waals surface area contributed by atoms with Crippen molar-refractivity contribution in [1.29, 1.82) is 0 Å². The second kappa shape index (κ2) is 5.59. The number of halogens is 1. The molecule has 0 aliphatic carbocycles. The van der Waals surface area contributed by atoms with Gasteiger partial charge < -0.3 is 4.90 Å². The number of nitrogens with zero attached hydrogens (tertiary/aromatic N) is 3. The van der Waals surface area contributed by atoms with Crippen molar-refractivity contribution in [1.82, 2.24) is 14.5 Å². The molecule has 0 saturated heterocycles. The van der Waals surface area contributed by atoms with Crippen LogP contribution in [0.1, 0.15) is 42.1 Å². The first-order valence-electron chi connectivity index (χ1n) is 5.14. The molecule has 16 heavy (non-hydrogen) atoms. The molecule has 1 aromatic rings. The predicted molar refractivity (Wildman–Crippen MR) is 66.3 cm³/mol. The maximum absolute atomic E-state index is 12.1. The summed E-state index contributed by atoms with van der Waals surface area (Å²) >= 11 is 6.88. The van der Waals surface area contributed by atoms with Crippen LogP contribution >= 0.6 is 23.1 Å². The average molecular weight is 262 g/mol. The van der Waals surface area contributed by atoms with Gasteiger partial charge in [0.05, 0.1) is 5.69 Å². The number of rotatable bonds is 4. The SMILES string of the molecule is CC(C)c1nnsc1C(=O)N(C)C(C)CCl. The van der Waals surface area contributed by atoms with E-state index in [9.17, 15) is 4.79 Å². The number of aromatic nitrogens is 2. The summed E-state index contributed by atoms with van der Waals surface area (Å²) in [5.41, 5.74) is 0.767. The van der Waals surface area contributed by atoms with Gasteiger partial charge in [-0.2, -0.15) is 0 Å². The highest BCUT2D eigenvalue weighted by molar-refractivity contribution is 7.08. The molecule has 6 heteroatoms. The largest absolute Gasteiger partial charge is 0.337 e. The Labute approximate surface area is 105 Å². The molecule has 1 unspecified atom stereocenters. The van der Waals surface area contributed by atoms with Crippen LogP contribution in [0.2, 0.25) is 0 Å². The van der Waals surface area contributed by atoms with Crippen molar-refractivity contribution < 1.29 is 4.79 Å². The van der Waals surface area contributed by atoms with Crippen LogP contribution in [0.25, 0.3) is 0 Å². The normalized spacial score (nSPS) is 12.9. The molecule has 0 aliphatic heterocycles. The van der Waals surface area contributed by atoms with E-state index in [-0.39, 0.29) is 17.9 Å². The van der Waals surface area contributed by atoms with E-state index in [1.807, 2.05) is 20.8 Å². The molecule has 1 aromatic heterocycles. The Hall–Kier alpha value is -0.680. The number of carbonyl (C=O) groups excluding carboxylic acids is 1. The molecule has 1 atom stereocenters. The fourth-order valence-corrected chi connectivity index (χ4v) is 2.20. The average Bonchev–Trinajstić information content (AvgIpc) is 2.74. The van der Waals surface area contributed by atoms with Crippen molar-refractivity contribution in [2.24, 2.45) is 0 Å². The zero-order chi connectivity index (χ0) is 12.3. The summed E-state index contributed by atoms with van der Waals surface area (Å²) in [5.74, 6) is 0.579. The highest BCUT2D eigenvalue weighted by Crippen LogP contribution is 2.21. The summed E-state index contributed by atoms with van der Waals surface area (Å²) in [4.78, 5) is 14.4. The minimum Gasteiger partial charge on any atom is -0.337 e. The summed E-state index contributed by atoms with van der Waals surface area (Å²) in [7, 11) is 1.75. The Morgan fingerprint density at radius 1 is 1.50 bits per heavy atom. The number of hydrogen-bond acceptors (Lipinski definition) is 4. The van der Waals surface area contributed by atoms with Crippen molar-refractivity contribution in [3.8, 4) is 0 Å². The molecule has 1 rings (SSSR count). The highest BCUT2D eigenvalue weighted by atomic mass is 35.5. The predicted octanol–water partition coefficient (Wildman–Crippen LogP) is 2.36. The van der Waals surface area contributed by atoms with Gasteiger partial charge in [-0.05, 0) is 24.4 Å². The maximum atomic E-state index is 12.1. The number of hydrogen-bond donors (Lipinski definition) is 0. The number of alkyl halides is 1. The van der Waals surface area contributed by atoms with Crippen molar-refractivity contribution in [2.75, 3.05) is 12.9 Å². The zero-order valence-electron chi connectivity index (χ0n) is 9.90. The van der Waals surface area contributed by atoms with E-state index >= 15 is 0 Å². The van der Waals surface area contributed by atoms with Crippen molar-refractivity contribution in [3.05, 3.63) is 10.6 Å². The summed E-state index contributed by atoms with van der Waals surface area (Å²) in [6.45, 7) is 5.91. The second-order valence-electron chi connectivity index (χ2n) is 4.06. The molecule has 1 heterocycles. The van der Waals surface area contributed by atoms with E-state index in [2.05, 4.69) is 9.59 Å². The Balaban J connectivity index is 2.92. The van der Waals surface area contributed by atoms with Crippen LogP contribution in [0.15, 0.2) is 0 Å². The van der Waals surface area contributed by atoms with Crippen molar-refractivity contribution >= 4 is 29.0 Å². The smallest absolute Gasteiger partial charge is 0.267 e. The standard InChI is InChI=1S/C10H16ClN3OS/c1-6(2)8-9(16-13-12-8)10(15)14(4)7(3)5-11/h6-7H,5H2,1-4H3. The minimum atomic E-state index is -0.0492. The van der Waals surface area contributed by atoms with E-state index in [0.29, 0.717) is 10.8 Å². The van der Waals surface area contributed by atoms with E-state index in [4.69, 9.17) is 11.6 Å². The molecular weight excluding hydrogens is 246 g/mol. The second-order valence-corrected chi connectivity index (χ2v) is 5.12.